The van der Waals surface area contributed by atoms with E-state index in [0.717, 1.165) is 5.56 Å². The van der Waals surface area contributed by atoms with Crippen LogP contribution in [0.5, 0.6) is 0 Å². The molecule has 0 aliphatic carbocycles. The van der Waals surface area contributed by atoms with Gasteiger partial charge in [0, 0.05) is 6.42 Å². The predicted octanol–water partition coefficient (Wildman–Crippen LogP) is 3.02. The lowest BCUT2D eigenvalue weighted by atomic mass is 10.0. The summed E-state index contributed by atoms with van der Waals surface area (Å²) in [5.74, 6) is 0.643. The summed E-state index contributed by atoms with van der Waals surface area (Å²) in [7, 11) is 0. The third-order valence-corrected chi connectivity index (χ3v) is 3.51. The van der Waals surface area contributed by atoms with Crippen molar-refractivity contribution in [2.45, 2.75) is 39.3 Å². The summed E-state index contributed by atoms with van der Waals surface area (Å²) in [6.45, 7) is 7.49. The minimum atomic E-state index is 0.00788. The van der Waals surface area contributed by atoms with Gasteiger partial charge in [0.05, 0.1) is 19.2 Å². The van der Waals surface area contributed by atoms with E-state index in [1.807, 2.05) is 23.1 Å². The zero-order valence-corrected chi connectivity index (χ0v) is 12.0. The van der Waals surface area contributed by atoms with Gasteiger partial charge < -0.3 is 9.64 Å². The molecule has 2 unspecified atom stereocenters. The van der Waals surface area contributed by atoms with Crippen molar-refractivity contribution in [2.75, 3.05) is 13.2 Å². The number of hydrogen-bond acceptors (Lipinski definition) is 2. The molecular formula is C16H23NO2. The van der Waals surface area contributed by atoms with Crippen LogP contribution < -0.4 is 0 Å². The highest BCUT2D eigenvalue weighted by Crippen LogP contribution is 2.25. The Bertz CT molecular complexity index is 416. The van der Waals surface area contributed by atoms with E-state index >= 15 is 0 Å². The maximum atomic E-state index is 12.3. The maximum Gasteiger partial charge on any atom is 0.223 e. The Labute approximate surface area is 115 Å². The Hall–Kier alpha value is -1.35. The van der Waals surface area contributed by atoms with Crippen LogP contribution in [0.15, 0.2) is 30.3 Å². The lowest BCUT2D eigenvalue weighted by molar-refractivity contribution is -0.145. The molecule has 1 aromatic rings. The Morgan fingerprint density at radius 2 is 2.05 bits per heavy atom. The van der Waals surface area contributed by atoms with Gasteiger partial charge in [-0.05, 0) is 18.4 Å². The van der Waals surface area contributed by atoms with Crippen molar-refractivity contribution in [1.82, 2.24) is 4.90 Å². The van der Waals surface area contributed by atoms with Crippen LogP contribution in [-0.4, -0.2) is 30.0 Å². The standard InChI is InChI=1S/C16H23NO2/c1-12(2)9-16(18)17-10-15(19-11-13(17)3)14-7-5-4-6-8-14/h4-8,12-13,15H,9-11H2,1-3H3. The van der Waals surface area contributed by atoms with Crippen molar-refractivity contribution in [1.29, 1.82) is 0 Å². The molecule has 104 valence electrons. The fourth-order valence-electron chi connectivity index (χ4n) is 2.44. The van der Waals surface area contributed by atoms with Crippen molar-refractivity contribution in [3.63, 3.8) is 0 Å². The molecule has 19 heavy (non-hydrogen) atoms. The molecule has 1 amide bonds. The van der Waals surface area contributed by atoms with E-state index in [0.29, 0.717) is 25.5 Å². The zero-order valence-electron chi connectivity index (χ0n) is 12.0. The van der Waals surface area contributed by atoms with Gasteiger partial charge in [-0.15, -0.1) is 0 Å². The smallest absolute Gasteiger partial charge is 0.223 e. The number of rotatable bonds is 3. The number of carbonyl (C=O) groups excluding carboxylic acids is 1. The first-order valence-corrected chi connectivity index (χ1v) is 7.04. The Morgan fingerprint density at radius 1 is 1.37 bits per heavy atom. The van der Waals surface area contributed by atoms with Crippen LogP contribution in [0.1, 0.15) is 38.9 Å². The number of benzene rings is 1. The largest absolute Gasteiger partial charge is 0.370 e. The molecule has 3 heteroatoms. The Morgan fingerprint density at radius 3 is 2.68 bits per heavy atom. The number of morpholine rings is 1. The molecule has 3 nitrogen and oxygen atoms in total. The van der Waals surface area contributed by atoms with Crippen LogP contribution in [0.3, 0.4) is 0 Å². The third kappa shape index (κ3) is 3.57. The SMILES string of the molecule is CC(C)CC(=O)N1CC(c2ccccc2)OCC1C. The monoisotopic (exact) mass is 261 g/mol. The molecule has 1 saturated heterocycles. The van der Waals surface area contributed by atoms with Crippen molar-refractivity contribution < 1.29 is 9.53 Å². The highest BCUT2D eigenvalue weighted by Gasteiger charge is 2.30. The van der Waals surface area contributed by atoms with Gasteiger partial charge in [-0.2, -0.15) is 0 Å². The molecule has 0 N–H and O–H groups in total. The number of nitrogens with zero attached hydrogens (tertiary/aromatic N) is 1. The number of hydrogen-bond donors (Lipinski definition) is 0. The van der Waals surface area contributed by atoms with Crippen molar-refractivity contribution in [3.05, 3.63) is 35.9 Å². The minimum Gasteiger partial charge on any atom is -0.370 e. The van der Waals surface area contributed by atoms with E-state index in [4.69, 9.17) is 4.74 Å². The molecule has 0 spiro atoms. The molecule has 0 bridgehead atoms. The van der Waals surface area contributed by atoms with Crippen molar-refractivity contribution in [3.8, 4) is 0 Å². The van der Waals surface area contributed by atoms with Gasteiger partial charge in [-0.1, -0.05) is 44.2 Å². The summed E-state index contributed by atoms with van der Waals surface area (Å²) in [6, 6.07) is 10.3. The van der Waals surface area contributed by atoms with E-state index < -0.39 is 0 Å². The number of amides is 1. The first-order chi connectivity index (χ1) is 9.08. The minimum absolute atomic E-state index is 0.00788. The van der Waals surface area contributed by atoms with E-state index in [-0.39, 0.29) is 18.1 Å². The molecule has 2 rings (SSSR count). The molecule has 1 aromatic carbocycles. The van der Waals surface area contributed by atoms with Crippen molar-refractivity contribution >= 4 is 5.91 Å². The molecule has 0 saturated carbocycles. The van der Waals surface area contributed by atoms with Gasteiger partial charge in [0.15, 0.2) is 0 Å². The highest BCUT2D eigenvalue weighted by molar-refractivity contribution is 5.76. The summed E-state index contributed by atoms with van der Waals surface area (Å²) in [6.07, 6.45) is 0.625. The van der Waals surface area contributed by atoms with Crippen LogP contribution in [0.25, 0.3) is 0 Å². The summed E-state index contributed by atoms with van der Waals surface area (Å²) in [5.41, 5.74) is 1.15. The highest BCUT2D eigenvalue weighted by atomic mass is 16.5. The average Bonchev–Trinajstić information content (AvgIpc) is 2.39. The molecule has 0 radical (unpaired) electrons. The molecular weight excluding hydrogens is 238 g/mol. The second kappa shape index (κ2) is 6.20. The van der Waals surface area contributed by atoms with Crippen LogP contribution in [0, 0.1) is 5.92 Å². The van der Waals surface area contributed by atoms with Gasteiger partial charge in [0.2, 0.25) is 5.91 Å². The quantitative estimate of drug-likeness (QED) is 0.837. The summed E-state index contributed by atoms with van der Waals surface area (Å²) in [4.78, 5) is 14.2. The predicted molar refractivity (Wildman–Crippen MR) is 75.8 cm³/mol. The van der Waals surface area contributed by atoms with Crippen LogP contribution in [-0.2, 0) is 9.53 Å². The van der Waals surface area contributed by atoms with Gasteiger partial charge in [-0.25, -0.2) is 0 Å². The third-order valence-electron chi connectivity index (χ3n) is 3.51. The average molecular weight is 261 g/mol. The van der Waals surface area contributed by atoms with E-state index in [1.54, 1.807) is 0 Å². The lowest BCUT2D eigenvalue weighted by Crippen LogP contribution is -2.48. The zero-order chi connectivity index (χ0) is 13.8. The summed E-state index contributed by atoms with van der Waals surface area (Å²) in [5, 5.41) is 0. The molecule has 1 aliphatic rings. The molecule has 1 fully saturated rings. The Balaban J connectivity index is 2.06. The fourth-order valence-corrected chi connectivity index (χ4v) is 2.44. The molecule has 1 heterocycles. The second-order valence-corrected chi connectivity index (χ2v) is 5.73. The van der Waals surface area contributed by atoms with Gasteiger partial charge in [-0.3, -0.25) is 4.79 Å². The van der Waals surface area contributed by atoms with Gasteiger partial charge in [0.25, 0.3) is 0 Å². The number of carbonyl (C=O) groups is 1. The molecule has 0 aromatic heterocycles. The van der Waals surface area contributed by atoms with Crippen LogP contribution in [0.2, 0.25) is 0 Å². The fraction of sp³-hybridized carbons (Fsp3) is 0.562. The molecule has 1 aliphatic heterocycles. The van der Waals surface area contributed by atoms with Crippen molar-refractivity contribution in [2.24, 2.45) is 5.92 Å². The van der Waals surface area contributed by atoms with E-state index in [2.05, 4.69) is 32.9 Å². The van der Waals surface area contributed by atoms with Gasteiger partial charge >= 0.3 is 0 Å². The maximum absolute atomic E-state index is 12.3. The van der Waals surface area contributed by atoms with Crippen LogP contribution >= 0.6 is 0 Å². The van der Waals surface area contributed by atoms with Crippen LogP contribution in [0.4, 0.5) is 0 Å². The van der Waals surface area contributed by atoms with Gasteiger partial charge in [0.1, 0.15) is 6.10 Å². The van der Waals surface area contributed by atoms with E-state index in [9.17, 15) is 4.79 Å². The Kier molecular flexibility index (Phi) is 4.59. The summed E-state index contributed by atoms with van der Waals surface area (Å²) >= 11 is 0. The first-order valence-electron chi connectivity index (χ1n) is 7.04. The topological polar surface area (TPSA) is 29.5 Å². The normalized spacial score (nSPS) is 23.7. The molecule has 2 atom stereocenters. The second-order valence-electron chi connectivity index (χ2n) is 5.73. The van der Waals surface area contributed by atoms with E-state index in [1.165, 1.54) is 0 Å². The number of ether oxygens (including phenoxy) is 1. The first kappa shape index (κ1) is 14.1. The lowest BCUT2D eigenvalue weighted by Gasteiger charge is -2.38. The summed E-state index contributed by atoms with van der Waals surface area (Å²) < 4.78 is 5.87.